The van der Waals surface area contributed by atoms with Crippen LogP contribution < -0.4 is 10.1 Å². The van der Waals surface area contributed by atoms with Crippen LogP contribution in [0.15, 0.2) is 18.2 Å². The molecular formula is C24H25ClFN5O3. The van der Waals surface area contributed by atoms with Crippen LogP contribution >= 0.6 is 11.6 Å². The molecule has 0 atom stereocenters. The number of nitrogens with one attached hydrogen (secondary N) is 1. The summed E-state index contributed by atoms with van der Waals surface area (Å²) in [6.45, 7) is 5.97. The topological polar surface area (TPSA) is 81.0 Å². The van der Waals surface area contributed by atoms with Gasteiger partial charge in [-0.2, -0.15) is 5.10 Å². The molecule has 2 aromatic heterocycles. The van der Waals surface area contributed by atoms with Gasteiger partial charge in [-0.25, -0.2) is 13.9 Å². The first-order chi connectivity index (χ1) is 16.4. The predicted molar refractivity (Wildman–Crippen MR) is 123 cm³/mol. The van der Waals surface area contributed by atoms with Crippen molar-refractivity contribution in [2.24, 2.45) is 0 Å². The minimum absolute atomic E-state index is 0.0493. The van der Waals surface area contributed by atoms with E-state index in [-0.39, 0.29) is 17.8 Å². The Kier molecular flexibility index (Phi) is 5.24. The third kappa shape index (κ3) is 3.62. The van der Waals surface area contributed by atoms with Crippen LogP contribution in [0.25, 0.3) is 5.65 Å². The molecule has 0 radical (unpaired) electrons. The van der Waals surface area contributed by atoms with Crippen molar-refractivity contribution in [1.29, 1.82) is 0 Å². The molecule has 0 bridgehead atoms. The number of rotatable bonds is 5. The summed E-state index contributed by atoms with van der Waals surface area (Å²) in [5.74, 6) is -0.355. The van der Waals surface area contributed by atoms with E-state index in [2.05, 4.69) is 15.4 Å². The van der Waals surface area contributed by atoms with Crippen LogP contribution in [0.5, 0.6) is 5.75 Å². The molecular weight excluding hydrogens is 461 g/mol. The van der Waals surface area contributed by atoms with Crippen LogP contribution in [0.1, 0.15) is 45.8 Å². The molecule has 2 fully saturated rings. The maximum absolute atomic E-state index is 14.0. The average Bonchev–Trinajstić information content (AvgIpc) is 3.31. The summed E-state index contributed by atoms with van der Waals surface area (Å²) >= 11 is 6.33. The number of carbonyl (C=O) groups is 1. The summed E-state index contributed by atoms with van der Waals surface area (Å²) in [6, 6.07) is 4.88. The molecule has 178 valence electrons. The highest BCUT2D eigenvalue weighted by atomic mass is 35.5. The van der Waals surface area contributed by atoms with Crippen LogP contribution in [-0.2, 0) is 17.8 Å². The first kappa shape index (κ1) is 21.8. The Balaban J connectivity index is 1.19. The zero-order valence-electron chi connectivity index (χ0n) is 19.0. The zero-order valence-corrected chi connectivity index (χ0v) is 19.7. The molecule has 1 saturated heterocycles. The highest BCUT2D eigenvalue weighted by molar-refractivity contribution is 6.31. The van der Waals surface area contributed by atoms with Gasteiger partial charge in [-0.15, -0.1) is 0 Å². The van der Waals surface area contributed by atoms with E-state index in [9.17, 15) is 9.18 Å². The van der Waals surface area contributed by atoms with Gasteiger partial charge in [0.2, 0.25) is 0 Å². The van der Waals surface area contributed by atoms with Gasteiger partial charge in [0.1, 0.15) is 17.7 Å². The van der Waals surface area contributed by atoms with Crippen molar-refractivity contribution in [2.45, 2.75) is 58.0 Å². The second kappa shape index (κ2) is 8.18. The summed E-state index contributed by atoms with van der Waals surface area (Å²) in [7, 11) is 0. The quantitative estimate of drug-likeness (QED) is 0.598. The number of nitrogens with zero attached hydrogens (tertiary/aromatic N) is 4. The van der Waals surface area contributed by atoms with E-state index in [1.54, 1.807) is 9.42 Å². The molecule has 6 rings (SSSR count). The Morgan fingerprint density at radius 3 is 2.76 bits per heavy atom. The molecule has 4 heterocycles. The Hall–Kier alpha value is -2.75. The van der Waals surface area contributed by atoms with E-state index in [0.29, 0.717) is 41.4 Å². The fourth-order valence-electron chi connectivity index (χ4n) is 4.84. The molecule has 8 nitrogen and oxygen atoms in total. The summed E-state index contributed by atoms with van der Waals surface area (Å²) < 4.78 is 27.1. The fourth-order valence-corrected chi connectivity index (χ4v) is 4.96. The van der Waals surface area contributed by atoms with E-state index in [0.717, 1.165) is 48.7 Å². The van der Waals surface area contributed by atoms with Crippen LogP contribution in [-0.4, -0.2) is 56.8 Å². The number of aryl methyl sites for hydroxylation is 2. The molecule has 1 saturated carbocycles. The summed E-state index contributed by atoms with van der Waals surface area (Å²) in [5.41, 5.74) is 4.33. The number of hydrogen-bond donors (Lipinski definition) is 1. The summed E-state index contributed by atoms with van der Waals surface area (Å²) in [5, 5.41) is 8.75. The second-order valence-electron chi connectivity index (χ2n) is 9.37. The number of halogens is 2. The Labute approximate surface area is 201 Å². The third-order valence-corrected chi connectivity index (χ3v) is 7.46. The molecule has 1 amide bonds. The molecule has 10 heteroatoms. The van der Waals surface area contributed by atoms with Crippen molar-refractivity contribution >= 4 is 23.2 Å². The van der Waals surface area contributed by atoms with E-state index in [4.69, 9.17) is 21.1 Å². The lowest BCUT2D eigenvalue weighted by Gasteiger charge is -2.40. The van der Waals surface area contributed by atoms with Crippen molar-refractivity contribution in [3.05, 3.63) is 57.2 Å². The van der Waals surface area contributed by atoms with Crippen LogP contribution in [0.3, 0.4) is 0 Å². The fraction of sp³-hybridized carbons (Fsp3) is 0.458. The SMILES string of the molecule is Cc1nc2c3c(nn2c(C)c1Cl)CN(C(=O)c1ccc(F)cc1OC1CC(NC2COC2)C1)C3. The predicted octanol–water partition coefficient (Wildman–Crippen LogP) is 3.19. The number of carbonyl (C=O) groups excluding carboxylic acids is 1. The molecule has 1 N–H and O–H groups in total. The van der Waals surface area contributed by atoms with E-state index < -0.39 is 5.82 Å². The Bertz CT molecular complexity index is 1300. The average molecular weight is 486 g/mol. The molecule has 0 spiro atoms. The maximum atomic E-state index is 14.0. The summed E-state index contributed by atoms with van der Waals surface area (Å²) in [4.78, 5) is 19.7. The lowest BCUT2D eigenvalue weighted by Crippen LogP contribution is -2.56. The number of fused-ring (bicyclic) bond motifs is 3. The number of ether oxygens (including phenoxy) is 2. The number of aromatic nitrogens is 3. The van der Waals surface area contributed by atoms with Gasteiger partial charge in [0, 0.05) is 17.7 Å². The lowest BCUT2D eigenvalue weighted by atomic mass is 9.88. The van der Waals surface area contributed by atoms with Gasteiger partial charge < -0.3 is 19.7 Å². The van der Waals surface area contributed by atoms with Crippen LogP contribution in [0, 0.1) is 19.7 Å². The minimum Gasteiger partial charge on any atom is -0.489 e. The smallest absolute Gasteiger partial charge is 0.258 e. The van der Waals surface area contributed by atoms with Gasteiger partial charge in [-0.3, -0.25) is 4.79 Å². The molecule has 3 aliphatic rings. The summed E-state index contributed by atoms with van der Waals surface area (Å²) in [6.07, 6.45) is 1.59. The van der Waals surface area contributed by atoms with Crippen molar-refractivity contribution in [3.8, 4) is 5.75 Å². The Morgan fingerprint density at radius 1 is 1.24 bits per heavy atom. The van der Waals surface area contributed by atoms with Gasteiger partial charge in [0.05, 0.1) is 60.0 Å². The van der Waals surface area contributed by atoms with Gasteiger partial charge in [0.15, 0.2) is 5.65 Å². The highest BCUT2D eigenvalue weighted by Gasteiger charge is 2.36. The largest absolute Gasteiger partial charge is 0.489 e. The van der Waals surface area contributed by atoms with Gasteiger partial charge >= 0.3 is 0 Å². The molecule has 3 aromatic rings. The molecule has 2 aliphatic heterocycles. The number of hydrogen-bond acceptors (Lipinski definition) is 6. The van der Waals surface area contributed by atoms with Crippen LogP contribution in [0.4, 0.5) is 4.39 Å². The first-order valence-electron chi connectivity index (χ1n) is 11.5. The van der Waals surface area contributed by atoms with Crippen molar-refractivity contribution in [2.75, 3.05) is 13.2 Å². The standard InChI is InChI=1S/C24H25ClFN5O3/c1-12-22(25)13(2)31-23(27-12)19-8-30(9-20(19)29-31)24(32)18-4-3-14(26)5-21(18)34-17-6-15(7-17)28-16-10-33-11-16/h3-5,15-17,28H,6-11H2,1-2H3. The van der Waals surface area contributed by atoms with Crippen molar-refractivity contribution in [3.63, 3.8) is 0 Å². The van der Waals surface area contributed by atoms with Gasteiger partial charge in [-0.1, -0.05) is 11.6 Å². The van der Waals surface area contributed by atoms with Crippen molar-refractivity contribution in [1.82, 2.24) is 24.8 Å². The molecule has 0 unspecified atom stereocenters. The van der Waals surface area contributed by atoms with E-state index in [1.807, 2.05) is 13.8 Å². The second-order valence-corrected chi connectivity index (χ2v) is 9.75. The Morgan fingerprint density at radius 2 is 2.03 bits per heavy atom. The number of amides is 1. The van der Waals surface area contributed by atoms with E-state index >= 15 is 0 Å². The highest BCUT2D eigenvalue weighted by Crippen LogP contribution is 2.33. The maximum Gasteiger partial charge on any atom is 0.258 e. The third-order valence-electron chi connectivity index (χ3n) is 6.92. The van der Waals surface area contributed by atoms with Crippen molar-refractivity contribution < 1.29 is 18.7 Å². The molecule has 34 heavy (non-hydrogen) atoms. The van der Waals surface area contributed by atoms with E-state index in [1.165, 1.54) is 18.2 Å². The van der Waals surface area contributed by atoms with Gasteiger partial charge in [-0.05, 0) is 38.8 Å². The number of benzene rings is 1. The zero-order chi connectivity index (χ0) is 23.6. The minimum atomic E-state index is -0.429. The lowest BCUT2D eigenvalue weighted by molar-refractivity contribution is -0.0251. The van der Waals surface area contributed by atoms with Gasteiger partial charge in [0.25, 0.3) is 5.91 Å². The normalized spacial score (nSPS) is 21.9. The van der Waals surface area contributed by atoms with Crippen LogP contribution in [0.2, 0.25) is 5.02 Å². The first-order valence-corrected chi connectivity index (χ1v) is 11.9. The molecule has 1 aliphatic carbocycles. The molecule has 1 aromatic carbocycles. The monoisotopic (exact) mass is 485 g/mol.